The summed E-state index contributed by atoms with van der Waals surface area (Å²) in [7, 11) is -1.98. The van der Waals surface area contributed by atoms with E-state index in [4.69, 9.17) is 4.74 Å². The summed E-state index contributed by atoms with van der Waals surface area (Å²) in [6.45, 7) is 5.49. The third kappa shape index (κ3) is 5.15. The van der Waals surface area contributed by atoms with Crippen molar-refractivity contribution in [3.05, 3.63) is 22.4 Å². The van der Waals surface area contributed by atoms with Crippen LogP contribution in [0.5, 0.6) is 0 Å². The molecule has 2 saturated heterocycles. The molecule has 2 fully saturated rings. The average Bonchev–Trinajstić information content (AvgIpc) is 3.21. The Kier molecular flexibility index (Phi) is 6.94. The van der Waals surface area contributed by atoms with Crippen LogP contribution in [0.4, 0.5) is 0 Å². The lowest BCUT2D eigenvalue weighted by Crippen LogP contribution is -2.58. The van der Waals surface area contributed by atoms with E-state index in [9.17, 15) is 18.0 Å². The third-order valence-corrected chi connectivity index (χ3v) is 7.91. The van der Waals surface area contributed by atoms with Gasteiger partial charge in [-0.15, -0.1) is 11.3 Å². The minimum atomic E-state index is -3.58. The quantitative estimate of drug-likeness (QED) is 0.652. The summed E-state index contributed by atoms with van der Waals surface area (Å²) in [5, 5.41) is 1.82. The van der Waals surface area contributed by atoms with Crippen molar-refractivity contribution in [1.29, 1.82) is 0 Å². The van der Waals surface area contributed by atoms with E-state index in [-0.39, 0.29) is 43.7 Å². The average molecular weight is 445 g/mol. The normalized spacial score (nSPS) is 24.4. The Morgan fingerprint density at radius 2 is 1.76 bits per heavy atom. The highest BCUT2D eigenvalue weighted by atomic mass is 32.2. The summed E-state index contributed by atoms with van der Waals surface area (Å²) >= 11 is 1.34. The number of amides is 2. The fourth-order valence-electron chi connectivity index (χ4n) is 3.61. The van der Waals surface area contributed by atoms with Crippen molar-refractivity contribution >= 4 is 33.4 Å². The van der Waals surface area contributed by atoms with Crippen molar-refractivity contribution < 1.29 is 22.7 Å². The Labute approximate surface area is 176 Å². The number of nitrogens with zero attached hydrogens (tertiary/aromatic N) is 4. The van der Waals surface area contributed by atoms with Crippen molar-refractivity contribution in [2.75, 3.05) is 52.9 Å². The molecule has 0 saturated carbocycles. The number of hydrogen-bond acceptors (Lipinski definition) is 6. The maximum Gasteiger partial charge on any atom is 0.282 e. The van der Waals surface area contributed by atoms with Gasteiger partial charge in [-0.2, -0.15) is 17.0 Å². The van der Waals surface area contributed by atoms with Gasteiger partial charge in [0.1, 0.15) is 0 Å². The fraction of sp³-hybridized carbons (Fsp3) is 0.667. The molecule has 2 atom stereocenters. The lowest BCUT2D eigenvalue weighted by Gasteiger charge is -2.40. The summed E-state index contributed by atoms with van der Waals surface area (Å²) in [6, 6.07) is 3.52. The van der Waals surface area contributed by atoms with Crippen LogP contribution in [0.1, 0.15) is 23.5 Å². The highest BCUT2D eigenvalue weighted by molar-refractivity contribution is 7.86. The maximum atomic E-state index is 12.9. The highest BCUT2D eigenvalue weighted by Crippen LogP contribution is 2.19. The second-order valence-electron chi connectivity index (χ2n) is 7.50. The van der Waals surface area contributed by atoms with E-state index in [1.807, 2.05) is 19.2 Å². The molecule has 0 radical (unpaired) electrons. The first-order chi connectivity index (χ1) is 13.7. The van der Waals surface area contributed by atoms with Gasteiger partial charge in [0.25, 0.3) is 16.1 Å². The summed E-state index contributed by atoms with van der Waals surface area (Å²) in [4.78, 5) is 28.5. The van der Waals surface area contributed by atoms with Crippen LogP contribution in [-0.4, -0.2) is 104 Å². The van der Waals surface area contributed by atoms with Crippen molar-refractivity contribution in [3.63, 3.8) is 0 Å². The van der Waals surface area contributed by atoms with Crippen LogP contribution in [0, 0.1) is 0 Å². The molecule has 2 aliphatic rings. The maximum absolute atomic E-state index is 12.9. The van der Waals surface area contributed by atoms with Crippen LogP contribution >= 0.6 is 11.3 Å². The molecule has 1 aromatic rings. The van der Waals surface area contributed by atoms with Crippen LogP contribution in [0.3, 0.4) is 0 Å². The van der Waals surface area contributed by atoms with E-state index in [1.54, 1.807) is 24.1 Å². The van der Waals surface area contributed by atoms with Crippen molar-refractivity contribution in [3.8, 4) is 0 Å². The second kappa shape index (κ2) is 9.09. The number of carbonyl (C=O) groups excluding carboxylic acids is 2. The van der Waals surface area contributed by atoms with E-state index in [1.165, 1.54) is 24.8 Å². The van der Waals surface area contributed by atoms with Gasteiger partial charge in [0.2, 0.25) is 5.91 Å². The van der Waals surface area contributed by atoms with Gasteiger partial charge >= 0.3 is 0 Å². The summed E-state index contributed by atoms with van der Waals surface area (Å²) in [6.07, 6.45) is -0.291. The molecule has 3 heterocycles. The SMILES string of the molecule is CC1CN(S(=O)(=O)N2CCN(C(=O)CN(C)C(=O)c3cccs3)CC2)CC(C)O1. The molecule has 2 amide bonds. The van der Waals surface area contributed by atoms with E-state index < -0.39 is 10.2 Å². The predicted molar refractivity (Wildman–Crippen MR) is 110 cm³/mol. The molecule has 1 aromatic heterocycles. The zero-order valence-electron chi connectivity index (χ0n) is 17.0. The van der Waals surface area contributed by atoms with E-state index >= 15 is 0 Å². The molecule has 3 rings (SSSR count). The smallest absolute Gasteiger partial charge is 0.282 e. The highest BCUT2D eigenvalue weighted by Gasteiger charge is 2.37. The van der Waals surface area contributed by atoms with Crippen LogP contribution in [0.2, 0.25) is 0 Å². The van der Waals surface area contributed by atoms with Gasteiger partial charge < -0.3 is 14.5 Å². The van der Waals surface area contributed by atoms with Gasteiger partial charge in [-0.25, -0.2) is 0 Å². The van der Waals surface area contributed by atoms with Gasteiger partial charge in [-0.1, -0.05) is 6.07 Å². The lowest BCUT2D eigenvalue weighted by molar-refractivity contribution is -0.132. The number of piperazine rings is 1. The molecule has 0 aliphatic carbocycles. The van der Waals surface area contributed by atoms with Gasteiger partial charge in [0, 0.05) is 46.3 Å². The summed E-state index contributed by atoms with van der Waals surface area (Å²) in [5.41, 5.74) is 0. The lowest BCUT2D eigenvalue weighted by atomic mass is 10.3. The molecular formula is C18H28N4O5S2. The number of hydrogen-bond donors (Lipinski definition) is 0. The molecule has 0 spiro atoms. The molecule has 9 nitrogen and oxygen atoms in total. The molecule has 29 heavy (non-hydrogen) atoms. The van der Waals surface area contributed by atoms with Gasteiger partial charge in [-0.05, 0) is 25.3 Å². The number of rotatable bonds is 5. The van der Waals surface area contributed by atoms with Gasteiger partial charge in [0.05, 0.1) is 23.6 Å². The molecule has 11 heteroatoms. The minimum Gasteiger partial charge on any atom is -0.373 e. The van der Waals surface area contributed by atoms with Crippen LogP contribution in [-0.2, 0) is 19.7 Å². The van der Waals surface area contributed by atoms with Crippen LogP contribution in [0.25, 0.3) is 0 Å². The molecular weight excluding hydrogens is 416 g/mol. The van der Waals surface area contributed by atoms with Crippen molar-refractivity contribution in [2.45, 2.75) is 26.1 Å². The number of morpholine rings is 1. The monoisotopic (exact) mass is 444 g/mol. The first-order valence-electron chi connectivity index (χ1n) is 9.66. The summed E-state index contributed by atoms with van der Waals surface area (Å²) < 4.78 is 34.4. The molecule has 0 aromatic carbocycles. The number of carbonyl (C=O) groups is 2. The molecule has 0 bridgehead atoms. The third-order valence-electron chi connectivity index (χ3n) is 5.08. The largest absolute Gasteiger partial charge is 0.373 e. The Morgan fingerprint density at radius 3 is 2.31 bits per heavy atom. The first kappa shape index (κ1) is 22.2. The Morgan fingerprint density at radius 1 is 1.14 bits per heavy atom. The summed E-state index contributed by atoms with van der Waals surface area (Å²) in [5.74, 6) is -0.367. The fourth-order valence-corrected chi connectivity index (χ4v) is 6.08. The van der Waals surface area contributed by atoms with Gasteiger partial charge in [-0.3, -0.25) is 9.59 Å². The Bertz CT molecular complexity index is 811. The minimum absolute atomic E-state index is 0.0258. The topological polar surface area (TPSA) is 90.5 Å². The Balaban J connectivity index is 1.53. The number of thiophene rings is 1. The number of likely N-dealkylation sites (N-methyl/N-ethyl adjacent to an activating group) is 1. The number of ether oxygens (including phenoxy) is 1. The van der Waals surface area contributed by atoms with Crippen LogP contribution < -0.4 is 0 Å². The Hall–Kier alpha value is -1.53. The molecule has 2 aliphatic heterocycles. The van der Waals surface area contributed by atoms with Crippen molar-refractivity contribution in [2.24, 2.45) is 0 Å². The molecule has 2 unspecified atom stereocenters. The second-order valence-corrected chi connectivity index (χ2v) is 10.4. The predicted octanol–water partition coefficient (Wildman–Crippen LogP) is 0.318. The van der Waals surface area contributed by atoms with E-state index in [0.29, 0.717) is 31.1 Å². The van der Waals surface area contributed by atoms with Gasteiger partial charge in [0.15, 0.2) is 0 Å². The van der Waals surface area contributed by atoms with Crippen molar-refractivity contribution in [1.82, 2.24) is 18.4 Å². The zero-order chi connectivity index (χ0) is 21.2. The van der Waals surface area contributed by atoms with Crippen LogP contribution in [0.15, 0.2) is 17.5 Å². The first-order valence-corrected chi connectivity index (χ1v) is 11.9. The molecule has 0 N–H and O–H groups in total. The molecule has 162 valence electrons. The van der Waals surface area contributed by atoms with E-state index in [2.05, 4.69) is 0 Å². The van der Waals surface area contributed by atoms with E-state index in [0.717, 1.165) is 0 Å². The standard InChI is InChI=1S/C18H28N4O5S2/c1-14-11-22(12-15(2)27-14)29(25,26)21-8-6-20(7-9-21)17(23)13-19(3)18(24)16-5-4-10-28-16/h4-5,10,14-15H,6-9,11-13H2,1-3H3. The zero-order valence-corrected chi connectivity index (χ0v) is 18.6.